The molecule has 1 amide bonds. The summed E-state index contributed by atoms with van der Waals surface area (Å²) in [6, 6.07) is 17.1. The molecule has 2 heterocycles. The number of nitrogens with two attached hydrogens (primary N) is 1. The van der Waals surface area contributed by atoms with Crippen LogP contribution in [0.25, 0.3) is 0 Å². The normalized spacial score (nSPS) is 14.4. The van der Waals surface area contributed by atoms with Gasteiger partial charge < -0.3 is 25.4 Å². The average molecular weight is 509 g/mol. The second-order valence-corrected chi connectivity index (χ2v) is 10.7. The van der Waals surface area contributed by atoms with Crippen molar-refractivity contribution in [1.82, 2.24) is 9.88 Å². The number of aromatic nitrogens is 1. The molecule has 3 aromatic rings. The number of carbonyl (C=O) groups is 2. The summed E-state index contributed by atoms with van der Waals surface area (Å²) >= 11 is 1.24. The predicted octanol–water partition coefficient (Wildman–Crippen LogP) is 5.35. The van der Waals surface area contributed by atoms with Crippen molar-refractivity contribution in [2.24, 2.45) is 0 Å². The zero-order valence-electron chi connectivity index (χ0n) is 20.8. The third kappa shape index (κ3) is 6.75. The van der Waals surface area contributed by atoms with E-state index in [1.165, 1.54) is 11.3 Å². The summed E-state index contributed by atoms with van der Waals surface area (Å²) in [5, 5.41) is 3.98. The Balaban J connectivity index is 1.34. The smallest absolute Gasteiger partial charge is 0.410 e. The molecule has 1 aliphatic rings. The number of ketones is 1. The Morgan fingerprint density at radius 1 is 1.11 bits per heavy atom. The maximum atomic E-state index is 13.2. The molecular formula is C27H32N4O4S. The third-order valence-corrected chi connectivity index (χ3v) is 6.68. The highest BCUT2D eigenvalue weighted by molar-refractivity contribution is 7.18. The molecule has 1 saturated heterocycles. The van der Waals surface area contributed by atoms with Gasteiger partial charge in [0.2, 0.25) is 5.78 Å². The molecule has 0 unspecified atom stereocenters. The number of amides is 1. The summed E-state index contributed by atoms with van der Waals surface area (Å²) in [7, 11) is 0. The SMILES string of the molecule is CC(C)(C)OC(=O)N1CCC(Nc2nc(N)c(C(=O)c3cccc(OCc4ccccc4)c3)s2)CC1. The second-order valence-electron chi connectivity index (χ2n) is 9.75. The van der Waals surface area contributed by atoms with Gasteiger partial charge in [-0.1, -0.05) is 53.8 Å². The van der Waals surface area contributed by atoms with Crippen molar-refractivity contribution in [3.05, 3.63) is 70.6 Å². The maximum Gasteiger partial charge on any atom is 0.410 e. The van der Waals surface area contributed by atoms with Gasteiger partial charge in [0.05, 0.1) is 0 Å². The molecule has 190 valence electrons. The van der Waals surface area contributed by atoms with Crippen LogP contribution < -0.4 is 15.8 Å². The highest BCUT2D eigenvalue weighted by Crippen LogP contribution is 2.30. The summed E-state index contributed by atoms with van der Waals surface area (Å²) in [6.45, 7) is 7.18. The number of nitrogens with zero attached hydrogens (tertiary/aromatic N) is 2. The van der Waals surface area contributed by atoms with Crippen LogP contribution in [-0.2, 0) is 11.3 Å². The Morgan fingerprint density at radius 3 is 2.53 bits per heavy atom. The van der Waals surface area contributed by atoms with Gasteiger partial charge in [0.1, 0.15) is 28.7 Å². The summed E-state index contributed by atoms with van der Waals surface area (Å²) in [6.07, 6.45) is 1.22. The lowest BCUT2D eigenvalue weighted by molar-refractivity contribution is 0.0210. The Bertz CT molecular complexity index is 1200. The summed E-state index contributed by atoms with van der Waals surface area (Å²) in [5.74, 6) is 0.625. The molecular weight excluding hydrogens is 476 g/mol. The van der Waals surface area contributed by atoms with Crippen molar-refractivity contribution < 1.29 is 19.1 Å². The number of hydrogen-bond acceptors (Lipinski definition) is 8. The third-order valence-electron chi connectivity index (χ3n) is 5.68. The Kier molecular flexibility index (Phi) is 7.79. The lowest BCUT2D eigenvalue weighted by Crippen LogP contribution is -2.44. The van der Waals surface area contributed by atoms with Crippen molar-refractivity contribution in [1.29, 1.82) is 0 Å². The molecule has 3 N–H and O–H groups in total. The van der Waals surface area contributed by atoms with E-state index in [-0.39, 0.29) is 23.7 Å². The second kappa shape index (κ2) is 11.0. The fourth-order valence-electron chi connectivity index (χ4n) is 3.86. The van der Waals surface area contributed by atoms with Crippen LogP contribution in [0, 0.1) is 0 Å². The van der Waals surface area contributed by atoms with Gasteiger partial charge in [-0.15, -0.1) is 0 Å². The van der Waals surface area contributed by atoms with Crippen LogP contribution in [-0.4, -0.2) is 46.5 Å². The highest BCUT2D eigenvalue weighted by Gasteiger charge is 2.28. The van der Waals surface area contributed by atoms with Gasteiger partial charge in [-0.05, 0) is 51.3 Å². The minimum atomic E-state index is -0.513. The molecule has 0 saturated carbocycles. The Hall–Kier alpha value is -3.59. The van der Waals surface area contributed by atoms with E-state index in [0.29, 0.717) is 41.0 Å². The quantitative estimate of drug-likeness (QED) is 0.415. The van der Waals surface area contributed by atoms with E-state index in [1.807, 2.05) is 57.2 Å². The summed E-state index contributed by atoms with van der Waals surface area (Å²) in [4.78, 5) is 32.0. The number of nitrogens with one attached hydrogen (secondary N) is 1. The van der Waals surface area contributed by atoms with Crippen LogP contribution in [0.1, 0.15) is 54.4 Å². The van der Waals surface area contributed by atoms with Gasteiger partial charge >= 0.3 is 6.09 Å². The fourth-order valence-corrected chi connectivity index (χ4v) is 4.79. The standard InChI is InChI=1S/C27H32N4O4S/c1-27(2,3)35-26(33)31-14-12-20(13-15-31)29-25-30-24(28)23(36-25)22(32)19-10-7-11-21(16-19)34-17-18-8-5-4-6-9-18/h4-11,16,20H,12-15,17,28H2,1-3H3,(H,29,30). The van der Waals surface area contributed by atoms with Gasteiger partial charge in [-0.25, -0.2) is 9.78 Å². The number of carbonyl (C=O) groups excluding carboxylic acids is 2. The molecule has 9 heteroatoms. The first-order valence-electron chi connectivity index (χ1n) is 12.0. The molecule has 0 aliphatic carbocycles. The van der Waals surface area contributed by atoms with E-state index in [4.69, 9.17) is 15.2 Å². The largest absolute Gasteiger partial charge is 0.489 e. The van der Waals surface area contributed by atoms with Crippen LogP contribution in [0.15, 0.2) is 54.6 Å². The first kappa shape index (κ1) is 25.5. The molecule has 1 aliphatic heterocycles. The van der Waals surface area contributed by atoms with Crippen molar-refractivity contribution in [3.8, 4) is 5.75 Å². The number of thiazole rings is 1. The first-order chi connectivity index (χ1) is 17.2. The Labute approximate surface area is 215 Å². The molecule has 0 spiro atoms. The van der Waals surface area contributed by atoms with Crippen LogP contribution >= 0.6 is 11.3 Å². The molecule has 4 rings (SSSR count). The summed E-state index contributed by atoms with van der Waals surface area (Å²) < 4.78 is 11.3. The van der Waals surface area contributed by atoms with E-state index >= 15 is 0 Å². The molecule has 0 bridgehead atoms. The molecule has 8 nitrogen and oxygen atoms in total. The van der Waals surface area contributed by atoms with Crippen LogP contribution in [0.4, 0.5) is 15.7 Å². The molecule has 1 aromatic heterocycles. The number of rotatable bonds is 7. The molecule has 2 aromatic carbocycles. The van der Waals surface area contributed by atoms with Crippen molar-refractivity contribution in [2.75, 3.05) is 24.1 Å². The maximum absolute atomic E-state index is 13.2. The van der Waals surface area contributed by atoms with E-state index in [0.717, 1.165) is 18.4 Å². The van der Waals surface area contributed by atoms with Gasteiger partial charge in [-0.2, -0.15) is 0 Å². The van der Waals surface area contributed by atoms with Gasteiger partial charge in [0.25, 0.3) is 0 Å². The van der Waals surface area contributed by atoms with E-state index in [1.54, 1.807) is 23.1 Å². The highest BCUT2D eigenvalue weighted by atomic mass is 32.1. The van der Waals surface area contributed by atoms with Gasteiger partial charge in [0, 0.05) is 24.7 Å². The molecule has 1 fully saturated rings. The number of likely N-dealkylation sites (tertiary alicyclic amines) is 1. The number of ether oxygens (including phenoxy) is 2. The number of benzene rings is 2. The predicted molar refractivity (Wildman–Crippen MR) is 142 cm³/mol. The lowest BCUT2D eigenvalue weighted by atomic mass is 10.1. The Morgan fingerprint density at radius 2 is 1.83 bits per heavy atom. The average Bonchev–Trinajstić information content (AvgIpc) is 3.22. The number of nitrogen functional groups attached to an aromatic ring is 1. The minimum Gasteiger partial charge on any atom is -0.489 e. The zero-order chi connectivity index (χ0) is 25.7. The molecule has 36 heavy (non-hydrogen) atoms. The topological polar surface area (TPSA) is 107 Å². The van der Waals surface area contributed by atoms with Crippen LogP contribution in [0.3, 0.4) is 0 Å². The number of piperidine rings is 1. The monoisotopic (exact) mass is 508 g/mol. The minimum absolute atomic E-state index is 0.131. The summed E-state index contributed by atoms with van der Waals surface area (Å²) in [5.41, 5.74) is 7.15. The van der Waals surface area contributed by atoms with Crippen molar-refractivity contribution >= 4 is 34.2 Å². The van der Waals surface area contributed by atoms with E-state index < -0.39 is 5.60 Å². The van der Waals surface area contributed by atoms with Gasteiger partial charge in [-0.3, -0.25) is 4.79 Å². The number of anilines is 2. The van der Waals surface area contributed by atoms with Crippen LogP contribution in [0.5, 0.6) is 5.75 Å². The molecule has 0 atom stereocenters. The van der Waals surface area contributed by atoms with Crippen molar-refractivity contribution in [3.63, 3.8) is 0 Å². The number of hydrogen-bond donors (Lipinski definition) is 2. The van der Waals surface area contributed by atoms with E-state index in [9.17, 15) is 9.59 Å². The lowest BCUT2D eigenvalue weighted by Gasteiger charge is -2.33. The van der Waals surface area contributed by atoms with Crippen LogP contribution in [0.2, 0.25) is 0 Å². The zero-order valence-corrected chi connectivity index (χ0v) is 21.6. The van der Waals surface area contributed by atoms with E-state index in [2.05, 4.69) is 10.3 Å². The first-order valence-corrected chi connectivity index (χ1v) is 12.8. The molecule has 0 radical (unpaired) electrons. The van der Waals surface area contributed by atoms with Crippen molar-refractivity contribution in [2.45, 2.75) is 51.9 Å². The fraction of sp³-hybridized carbons (Fsp3) is 0.370. The van der Waals surface area contributed by atoms with Gasteiger partial charge in [0.15, 0.2) is 5.13 Å².